The zero-order valence-corrected chi connectivity index (χ0v) is 37.4. The number of benzene rings is 5. The fourth-order valence-electron chi connectivity index (χ4n) is 7.96. The van der Waals surface area contributed by atoms with E-state index in [9.17, 15) is 14.7 Å². The van der Waals surface area contributed by atoms with E-state index in [0.717, 1.165) is 27.8 Å². The van der Waals surface area contributed by atoms with Gasteiger partial charge in [0.25, 0.3) is 0 Å². The van der Waals surface area contributed by atoms with E-state index in [4.69, 9.17) is 47.4 Å². The van der Waals surface area contributed by atoms with E-state index in [1.807, 2.05) is 133 Å². The minimum absolute atomic E-state index is 0.0502. The summed E-state index contributed by atoms with van der Waals surface area (Å²) in [5.74, 6) is -0.453. The number of aliphatic hydroxyl groups is 1. The molecule has 2 saturated heterocycles. The topological polar surface area (TPSA) is 159 Å². The maximum atomic E-state index is 12.6. The number of hydrogen-bond donors (Lipinski definition) is 2. The molecule has 7 rings (SSSR count). The SMILES string of the molecule is COc1ccc(CO[C@H]2[C@H](OC(C)=O)[C@@H](NC(C)=O)[C@@H](O)O[C@@H]2COC2O[C@H](COCc3ccccc3)[C@@H](OCc3ccccc3)[C@H](OCc3ccccc3)[C@H]2OCc2ccccc2)cc1. The van der Waals surface area contributed by atoms with Crippen LogP contribution in [0.2, 0.25) is 0 Å². The molecule has 2 heterocycles. The van der Waals surface area contributed by atoms with E-state index in [-0.39, 0.29) is 39.6 Å². The number of aliphatic hydroxyl groups excluding tert-OH is 1. The van der Waals surface area contributed by atoms with Gasteiger partial charge in [-0.1, -0.05) is 133 Å². The quantitative estimate of drug-likeness (QED) is 0.0732. The van der Waals surface area contributed by atoms with Crippen LogP contribution in [0.5, 0.6) is 5.75 Å². The van der Waals surface area contributed by atoms with Crippen LogP contribution in [0.1, 0.15) is 41.7 Å². The monoisotopic (exact) mass is 905 g/mol. The van der Waals surface area contributed by atoms with Crippen LogP contribution < -0.4 is 10.1 Å². The molecule has 5 aromatic carbocycles. The molecular weight excluding hydrogens is 847 g/mol. The van der Waals surface area contributed by atoms with Crippen molar-refractivity contribution >= 4 is 11.9 Å². The van der Waals surface area contributed by atoms with Gasteiger partial charge in [-0.25, -0.2) is 0 Å². The van der Waals surface area contributed by atoms with Gasteiger partial charge in [-0.05, 0) is 39.9 Å². The third kappa shape index (κ3) is 14.0. The standard InChI is InChI=1S/C52H59NO13/c1-35(54)53-45-48(64-36(2)55)46(59-32-41-24-26-42(57-3)27-25-41)44(65-51(45)56)34-63-52-50(62-31-40-22-14-7-15-23-40)49(61-30-39-20-12-6-13-21-39)47(60-29-38-18-10-5-11-19-38)43(66-52)33-58-28-37-16-8-4-9-17-37/h4-27,43-52,56H,28-34H2,1-3H3,(H,53,54)/t43-,44-,45-,46-,47-,48-,49+,50-,51+,52?/m1/s1. The fourth-order valence-corrected chi connectivity index (χ4v) is 7.96. The van der Waals surface area contributed by atoms with Crippen LogP contribution >= 0.6 is 0 Å². The molecule has 14 nitrogen and oxygen atoms in total. The second-order valence-corrected chi connectivity index (χ2v) is 16.1. The maximum absolute atomic E-state index is 12.6. The van der Waals surface area contributed by atoms with Crippen LogP contribution in [0.3, 0.4) is 0 Å². The van der Waals surface area contributed by atoms with E-state index in [1.165, 1.54) is 13.8 Å². The number of amides is 1. The molecular formula is C52H59NO13. The van der Waals surface area contributed by atoms with Crippen LogP contribution in [-0.4, -0.2) is 98.7 Å². The highest BCUT2D eigenvalue weighted by molar-refractivity contribution is 5.73. The number of ether oxygens (including phenoxy) is 10. The first-order valence-corrected chi connectivity index (χ1v) is 22.1. The molecule has 66 heavy (non-hydrogen) atoms. The summed E-state index contributed by atoms with van der Waals surface area (Å²) in [6.07, 6.45) is -9.17. The van der Waals surface area contributed by atoms with Crippen LogP contribution in [0.4, 0.5) is 0 Å². The lowest BCUT2D eigenvalue weighted by atomic mass is 9.95. The summed E-state index contributed by atoms with van der Waals surface area (Å²) >= 11 is 0. The summed E-state index contributed by atoms with van der Waals surface area (Å²) in [4.78, 5) is 25.0. The van der Waals surface area contributed by atoms with Crippen LogP contribution in [0.15, 0.2) is 146 Å². The number of esters is 1. The van der Waals surface area contributed by atoms with Crippen molar-refractivity contribution in [3.05, 3.63) is 173 Å². The van der Waals surface area contributed by atoms with Crippen molar-refractivity contribution in [3.8, 4) is 5.75 Å². The smallest absolute Gasteiger partial charge is 0.303 e. The first-order chi connectivity index (χ1) is 32.2. The Hall–Kier alpha value is -5.52. The molecule has 2 N–H and O–H groups in total. The fraction of sp³-hybridized carbons (Fsp3) is 0.385. The summed E-state index contributed by atoms with van der Waals surface area (Å²) in [6.45, 7) is 3.41. The molecule has 2 aliphatic heterocycles. The Kier molecular flexibility index (Phi) is 18.2. The lowest BCUT2D eigenvalue weighted by Crippen LogP contribution is -2.66. The van der Waals surface area contributed by atoms with E-state index in [2.05, 4.69) is 5.32 Å². The van der Waals surface area contributed by atoms with Crippen molar-refractivity contribution in [1.29, 1.82) is 0 Å². The summed E-state index contributed by atoms with van der Waals surface area (Å²) < 4.78 is 64.3. The molecule has 0 saturated carbocycles. The van der Waals surface area contributed by atoms with Crippen molar-refractivity contribution < 1.29 is 62.1 Å². The van der Waals surface area contributed by atoms with E-state index in [1.54, 1.807) is 19.2 Å². The first-order valence-electron chi connectivity index (χ1n) is 22.1. The van der Waals surface area contributed by atoms with Crippen molar-refractivity contribution in [3.63, 3.8) is 0 Å². The predicted molar refractivity (Wildman–Crippen MR) is 241 cm³/mol. The number of carbonyl (C=O) groups is 2. The highest BCUT2D eigenvalue weighted by atomic mass is 16.7. The highest BCUT2D eigenvalue weighted by Crippen LogP contribution is 2.34. The lowest BCUT2D eigenvalue weighted by Gasteiger charge is -2.47. The number of nitrogens with one attached hydrogen (secondary N) is 1. The third-order valence-electron chi connectivity index (χ3n) is 11.2. The average molecular weight is 906 g/mol. The van der Waals surface area contributed by atoms with Gasteiger partial charge in [0.15, 0.2) is 18.7 Å². The summed E-state index contributed by atoms with van der Waals surface area (Å²) in [5.41, 5.74) is 4.57. The van der Waals surface area contributed by atoms with Gasteiger partial charge in [0.1, 0.15) is 48.4 Å². The summed E-state index contributed by atoms with van der Waals surface area (Å²) in [6, 6.07) is 45.3. The predicted octanol–water partition coefficient (Wildman–Crippen LogP) is 6.45. The van der Waals surface area contributed by atoms with E-state index in [0.29, 0.717) is 12.4 Å². The summed E-state index contributed by atoms with van der Waals surface area (Å²) in [5, 5.41) is 14.1. The molecule has 0 bridgehead atoms. The van der Waals surface area contributed by atoms with Crippen molar-refractivity contribution in [2.75, 3.05) is 20.3 Å². The van der Waals surface area contributed by atoms with Crippen molar-refractivity contribution in [2.24, 2.45) is 0 Å². The second kappa shape index (κ2) is 24.8. The number of rotatable bonds is 22. The molecule has 14 heteroatoms. The van der Waals surface area contributed by atoms with Gasteiger partial charge >= 0.3 is 5.97 Å². The van der Waals surface area contributed by atoms with Gasteiger partial charge in [-0.3, -0.25) is 9.59 Å². The van der Waals surface area contributed by atoms with Crippen molar-refractivity contribution in [1.82, 2.24) is 5.32 Å². The second-order valence-electron chi connectivity index (χ2n) is 16.1. The van der Waals surface area contributed by atoms with Gasteiger partial charge in [0, 0.05) is 13.8 Å². The lowest BCUT2D eigenvalue weighted by molar-refractivity contribution is -0.340. The number of carbonyl (C=O) groups excluding carboxylic acids is 2. The Morgan fingerprint density at radius 2 is 0.955 bits per heavy atom. The molecule has 2 aliphatic rings. The molecule has 350 valence electrons. The minimum atomic E-state index is -1.61. The molecule has 0 spiro atoms. The largest absolute Gasteiger partial charge is 0.497 e. The number of hydrogen-bond acceptors (Lipinski definition) is 13. The van der Waals surface area contributed by atoms with Crippen LogP contribution in [-0.2, 0) is 85.3 Å². The zero-order chi connectivity index (χ0) is 46.1. The Morgan fingerprint density at radius 1 is 0.515 bits per heavy atom. The molecule has 0 radical (unpaired) electrons. The molecule has 10 atom stereocenters. The van der Waals surface area contributed by atoms with Crippen LogP contribution in [0.25, 0.3) is 0 Å². The molecule has 0 aliphatic carbocycles. The summed E-state index contributed by atoms with van der Waals surface area (Å²) in [7, 11) is 1.58. The molecule has 5 aromatic rings. The van der Waals surface area contributed by atoms with Gasteiger partial charge < -0.3 is 57.8 Å². The number of methoxy groups -OCH3 is 1. The zero-order valence-electron chi connectivity index (χ0n) is 37.4. The van der Waals surface area contributed by atoms with E-state index >= 15 is 0 Å². The first kappa shape index (κ1) is 48.4. The van der Waals surface area contributed by atoms with E-state index < -0.39 is 73.2 Å². The van der Waals surface area contributed by atoms with Gasteiger partial charge in [-0.15, -0.1) is 0 Å². The Labute approximate surface area is 385 Å². The van der Waals surface area contributed by atoms with Gasteiger partial charge in [0.2, 0.25) is 5.91 Å². The Balaban J connectivity index is 1.22. The normalized spacial score (nSPS) is 25.2. The highest BCUT2D eigenvalue weighted by Gasteiger charge is 2.52. The molecule has 1 amide bonds. The average Bonchev–Trinajstić information content (AvgIpc) is 3.34. The van der Waals surface area contributed by atoms with Crippen LogP contribution in [0, 0.1) is 0 Å². The minimum Gasteiger partial charge on any atom is -0.497 e. The Morgan fingerprint density at radius 3 is 1.44 bits per heavy atom. The molecule has 1 unspecified atom stereocenters. The molecule has 0 aromatic heterocycles. The Bertz CT molecular complexity index is 2180. The molecule has 2 fully saturated rings. The third-order valence-corrected chi connectivity index (χ3v) is 11.2. The maximum Gasteiger partial charge on any atom is 0.303 e. The van der Waals surface area contributed by atoms with Gasteiger partial charge in [0.05, 0.1) is 53.4 Å². The van der Waals surface area contributed by atoms with Gasteiger partial charge in [-0.2, -0.15) is 0 Å². The van der Waals surface area contributed by atoms with Crippen molar-refractivity contribution in [2.45, 2.75) is 108 Å².